The van der Waals surface area contributed by atoms with Gasteiger partial charge in [0.1, 0.15) is 10.6 Å². The van der Waals surface area contributed by atoms with E-state index < -0.39 is 10.0 Å². The number of nitrogens with one attached hydrogen (secondary N) is 1. The zero-order chi connectivity index (χ0) is 15.3. The SMILES string of the molecule is CC(CCNS(=O)(=O)c1ccccc1O)c1ccccc1. The van der Waals surface area contributed by atoms with Crippen LogP contribution < -0.4 is 4.72 Å². The van der Waals surface area contributed by atoms with Gasteiger partial charge in [-0.05, 0) is 30.0 Å². The number of phenolic OH excluding ortho intramolecular Hbond substituents is 1. The number of benzene rings is 2. The predicted molar refractivity (Wildman–Crippen MR) is 82.8 cm³/mol. The average Bonchev–Trinajstić information content (AvgIpc) is 2.48. The van der Waals surface area contributed by atoms with Gasteiger partial charge in [-0.25, -0.2) is 13.1 Å². The third-order valence-electron chi connectivity index (χ3n) is 3.39. The molecule has 4 nitrogen and oxygen atoms in total. The molecule has 2 N–H and O–H groups in total. The van der Waals surface area contributed by atoms with Crippen molar-refractivity contribution in [2.24, 2.45) is 0 Å². The van der Waals surface area contributed by atoms with Crippen molar-refractivity contribution in [1.82, 2.24) is 4.72 Å². The highest BCUT2D eigenvalue weighted by Crippen LogP contribution is 2.22. The van der Waals surface area contributed by atoms with E-state index in [1.165, 1.54) is 17.7 Å². The number of hydrogen-bond donors (Lipinski definition) is 2. The lowest BCUT2D eigenvalue weighted by Gasteiger charge is -2.13. The number of para-hydroxylation sites is 1. The summed E-state index contributed by atoms with van der Waals surface area (Å²) in [5.41, 5.74) is 1.18. The maximum Gasteiger partial charge on any atom is 0.244 e. The van der Waals surface area contributed by atoms with Crippen LogP contribution in [0.25, 0.3) is 0 Å². The Morgan fingerprint density at radius 3 is 2.33 bits per heavy atom. The average molecular weight is 305 g/mol. The molecule has 0 amide bonds. The summed E-state index contributed by atoms with van der Waals surface area (Å²) in [7, 11) is -3.67. The van der Waals surface area contributed by atoms with Crippen molar-refractivity contribution in [2.75, 3.05) is 6.54 Å². The van der Waals surface area contributed by atoms with Gasteiger partial charge in [-0.3, -0.25) is 0 Å². The molecular weight excluding hydrogens is 286 g/mol. The van der Waals surface area contributed by atoms with E-state index in [9.17, 15) is 13.5 Å². The van der Waals surface area contributed by atoms with Gasteiger partial charge < -0.3 is 5.11 Å². The quantitative estimate of drug-likeness (QED) is 0.862. The highest BCUT2D eigenvalue weighted by atomic mass is 32.2. The van der Waals surface area contributed by atoms with E-state index in [4.69, 9.17) is 0 Å². The molecule has 0 aliphatic rings. The molecule has 5 heteroatoms. The number of hydrogen-bond acceptors (Lipinski definition) is 3. The van der Waals surface area contributed by atoms with Crippen molar-refractivity contribution >= 4 is 10.0 Å². The summed E-state index contributed by atoms with van der Waals surface area (Å²) >= 11 is 0. The topological polar surface area (TPSA) is 66.4 Å². The van der Waals surface area contributed by atoms with Crippen LogP contribution in [0.5, 0.6) is 5.75 Å². The molecule has 0 heterocycles. The molecule has 0 spiro atoms. The van der Waals surface area contributed by atoms with Gasteiger partial charge >= 0.3 is 0 Å². The Hall–Kier alpha value is -1.85. The second-order valence-corrected chi connectivity index (χ2v) is 6.70. The van der Waals surface area contributed by atoms with Crippen LogP contribution in [0.3, 0.4) is 0 Å². The fraction of sp³-hybridized carbons (Fsp3) is 0.250. The molecule has 0 aliphatic carbocycles. The third kappa shape index (κ3) is 4.06. The lowest BCUT2D eigenvalue weighted by atomic mass is 9.98. The molecule has 0 saturated heterocycles. The first-order chi connectivity index (χ1) is 10.0. The molecule has 0 radical (unpaired) electrons. The molecule has 21 heavy (non-hydrogen) atoms. The summed E-state index contributed by atoms with van der Waals surface area (Å²) in [5, 5.41) is 9.61. The molecule has 0 aromatic heterocycles. The molecule has 0 saturated carbocycles. The van der Waals surface area contributed by atoms with Crippen molar-refractivity contribution in [2.45, 2.75) is 24.2 Å². The molecule has 0 aliphatic heterocycles. The summed E-state index contributed by atoms with van der Waals surface area (Å²) in [4.78, 5) is -0.0858. The molecule has 112 valence electrons. The minimum absolute atomic E-state index is 0.0858. The van der Waals surface area contributed by atoms with Crippen LogP contribution >= 0.6 is 0 Å². The van der Waals surface area contributed by atoms with Crippen molar-refractivity contribution in [3.05, 3.63) is 60.2 Å². The highest BCUT2D eigenvalue weighted by molar-refractivity contribution is 7.89. The minimum atomic E-state index is -3.67. The first-order valence-corrected chi connectivity index (χ1v) is 8.31. The first-order valence-electron chi connectivity index (χ1n) is 6.83. The Balaban J connectivity index is 1.96. The Bertz CT molecular complexity index is 684. The van der Waals surface area contributed by atoms with Gasteiger partial charge in [0.25, 0.3) is 0 Å². The molecule has 1 unspecified atom stereocenters. The molecule has 2 aromatic carbocycles. The summed E-state index contributed by atoms with van der Waals surface area (Å²) in [6, 6.07) is 15.9. The summed E-state index contributed by atoms with van der Waals surface area (Å²) in [5.74, 6) is 0.0272. The van der Waals surface area contributed by atoms with Crippen molar-refractivity contribution in [3.8, 4) is 5.75 Å². The van der Waals surface area contributed by atoms with Gasteiger partial charge in [0.15, 0.2) is 0 Å². The molecule has 1 atom stereocenters. The molecule has 0 bridgehead atoms. The Morgan fingerprint density at radius 2 is 1.67 bits per heavy atom. The highest BCUT2D eigenvalue weighted by Gasteiger charge is 2.17. The maximum atomic E-state index is 12.1. The standard InChI is InChI=1S/C16H19NO3S/c1-13(14-7-3-2-4-8-14)11-12-17-21(19,20)16-10-6-5-9-15(16)18/h2-10,13,17-18H,11-12H2,1H3. The Kier molecular flexibility index (Phi) is 4.98. The van der Waals surface area contributed by atoms with Crippen molar-refractivity contribution in [1.29, 1.82) is 0 Å². The number of sulfonamides is 1. The second kappa shape index (κ2) is 6.74. The fourth-order valence-electron chi connectivity index (χ4n) is 2.12. The van der Waals surface area contributed by atoms with E-state index in [2.05, 4.69) is 11.6 Å². The van der Waals surface area contributed by atoms with Gasteiger partial charge in [-0.1, -0.05) is 49.4 Å². The smallest absolute Gasteiger partial charge is 0.244 e. The molecule has 2 rings (SSSR count). The first kappa shape index (κ1) is 15.5. The normalized spacial score (nSPS) is 13.0. The van der Waals surface area contributed by atoms with E-state index in [1.807, 2.05) is 30.3 Å². The van der Waals surface area contributed by atoms with Gasteiger partial charge in [-0.2, -0.15) is 0 Å². The van der Waals surface area contributed by atoms with E-state index in [-0.39, 0.29) is 16.6 Å². The third-order valence-corrected chi connectivity index (χ3v) is 4.90. The number of phenols is 1. The molecule has 2 aromatic rings. The van der Waals surface area contributed by atoms with Gasteiger partial charge in [0, 0.05) is 6.54 Å². The Labute approximate surface area is 125 Å². The second-order valence-electron chi connectivity index (χ2n) is 4.97. The minimum Gasteiger partial charge on any atom is -0.507 e. The Morgan fingerprint density at radius 1 is 1.05 bits per heavy atom. The van der Waals surface area contributed by atoms with Crippen LogP contribution in [0.1, 0.15) is 24.8 Å². The lowest BCUT2D eigenvalue weighted by molar-refractivity contribution is 0.457. The van der Waals surface area contributed by atoms with Gasteiger partial charge in [0.2, 0.25) is 10.0 Å². The van der Waals surface area contributed by atoms with E-state index in [0.29, 0.717) is 13.0 Å². The number of aromatic hydroxyl groups is 1. The van der Waals surface area contributed by atoms with Crippen LogP contribution in [-0.2, 0) is 10.0 Å². The van der Waals surface area contributed by atoms with Crippen LogP contribution in [-0.4, -0.2) is 20.1 Å². The lowest BCUT2D eigenvalue weighted by Crippen LogP contribution is -2.25. The molecule has 0 fully saturated rings. The van der Waals surface area contributed by atoms with Gasteiger partial charge in [0.05, 0.1) is 0 Å². The summed E-state index contributed by atoms with van der Waals surface area (Å²) < 4.78 is 26.7. The van der Waals surface area contributed by atoms with Crippen LogP contribution in [0.4, 0.5) is 0 Å². The maximum absolute atomic E-state index is 12.1. The van der Waals surface area contributed by atoms with E-state index in [0.717, 1.165) is 0 Å². The predicted octanol–water partition coefficient (Wildman–Crippen LogP) is 2.86. The van der Waals surface area contributed by atoms with Crippen molar-refractivity contribution < 1.29 is 13.5 Å². The van der Waals surface area contributed by atoms with Crippen LogP contribution in [0, 0.1) is 0 Å². The zero-order valence-electron chi connectivity index (χ0n) is 11.9. The monoisotopic (exact) mass is 305 g/mol. The number of rotatable bonds is 6. The van der Waals surface area contributed by atoms with Gasteiger partial charge in [-0.15, -0.1) is 0 Å². The molecular formula is C16H19NO3S. The zero-order valence-corrected chi connectivity index (χ0v) is 12.7. The van der Waals surface area contributed by atoms with E-state index >= 15 is 0 Å². The largest absolute Gasteiger partial charge is 0.507 e. The summed E-state index contributed by atoms with van der Waals surface area (Å²) in [6.07, 6.45) is 0.691. The van der Waals surface area contributed by atoms with Crippen molar-refractivity contribution in [3.63, 3.8) is 0 Å². The van der Waals surface area contributed by atoms with E-state index in [1.54, 1.807) is 12.1 Å². The fourth-order valence-corrected chi connectivity index (χ4v) is 3.26. The summed E-state index contributed by atoms with van der Waals surface area (Å²) in [6.45, 7) is 2.39. The van der Waals surface area contributed by atoms with Crippen LogP contribution in [0.2, 0.25) is 0 Å². The van der Waals surface area contributed by atoms with Crippen LogP contribution in [0.15, 0.2) is 59.5 Å².